The molecular formula is C15H17F2NO. The normalized spacial score (nSPS) is 28.6. The Hall–Kier alpha value is -1.45. The second-order valence-electron chi connectivity index (χ2n) is 5.82. The molecule has 1 aromatic carbocycles. The van der Waals surface area contributed by atoms with E-state index in [1.54, 1.807) is 0 Å². The number of nitrogens with one attached hydrogen (secondary N) is 1. The van der Waals surface area contributed by atoms with Crippen molar-refractivity contribution in [2.75, 3.05) is 5.32 Å². The first-order chi connectivity index (χ1) is 9.11. The van der Waals surface area contributed by atoms with Crippen molar-refractivity contribution < 1.29 is 13.6 Å². The number of halogens is 2. The number of rotatable bonds is 3. The average molecular weight is 265 g/mol. The van der Waals surface area contributed by atoms with Crippen LogP contribution in [0.2, 0.25) is 0 Å². The van der Waals surface area contributed by atoms with Gasteiger partial charge in [0, 0.05) is 18.2 Å². The fourth-order valence-electron chi connectivity index (χ4n) is 3.65. The van der Waals surface area contributed by atoms with Gasteiger partial charge in [0.15, 0.2) is 11.6 Å². The summed E-state index contributed by atoms with van der Waals surface area (Å²) in [4.78, 5) is 11.9. The third-order valence-corrected chi connectivity index (χ3v) is 4.54. The molecule has 3 atom stereocenters. The van der Waals surface area contributed by atoms with Crippen LogP contribution < -0.4 is 5.32 Å². The zero-order valence-electron chi connectivity index (χ0n) is 10.7. The van der Waals surface area contributed by atoms with Crippen LogP contribution in [-0.4, -0.2) is 5.91 Å². The van der Waals surface area contributed by atoms with Gasteiger partial charge < -0.3 is 5.32 Å². The maximum atomic E-state index is 13.0. The average Bonchev–Trinajstić information content (AvgIpc) is 2.96. The van der Waals surface area contributed by atoms with E-state index in [1.165, 1.54) is 25.3 Å². The highest BCUT2D eigenvalue weighted by Crippen LogP contribution is 2.49. The van der Waals surface area contributed by atoms with Crippen LogP contribution in [0.15, 0.2) is 18.2 Å². The number of fused-ring (bicyclic) bond motifs is 2. The highest BCUT2D eigenvalue weighted by molar-refractivity contribution is 5.90. The molecule has 0 saturated heterocycles. The molecule has 0 unspecified atom stereocenters. The predicted molar refractivity (Wildman–Crippen MR) is 68.5 cm³/mol. The quantitative estimate of drug-likeness (QED) is 0.886. The van der Waals surface area contributed by atoms with Crippen molar-refractivity contribution in [3.63, 3.8) is 0 Å². The monoisotopic (exact) mass is 265 g/mol. The largest absolute Gasteiger partial charge is 0.326 e. The summed E-state index contributed by atoms with van der Waals surface area (Å²) < 4.78 is 25.8. The number of carbonyl (C=O) groups is 1. The summed E-state index contributed by atoms with van der Waals surface area (Å²) >= 11 is 0. The van der Waals surface area contributed by atoms with Gasteiger partial charge in [0.1, 0.15) is 0 Å². The van der Waals surface area contributed by atoms with Gasteiger partial charge in [-0.2, -0.15) is 0 Å². The lowest BCUT2D eigenvalue weighted by molar-refractivity contribution is -0.117. The molecule has 2 aliphatic carbocycles. The van der Waals surface area contributed by atoms with Gasteiger partial charge >= 0.3 is 0 Å². The van der Waals surface area contributed by atoms with Crippen molar-refractivity contribution in [2.24, 2.45) is 17.8 Å². The number of benzene rings is 1. The molecule has 0 heterocycles. The zero-order valence-corrected chi connectivity index (χ0v) is 10.7. The predicted octanol–water partition coefficient (Wildman–Crippen LogP) is 3.73. The van der Waals surface area contributed by atoms with Gasteiger partial charge in [-0.15, -0.1) is 0 Å². The van der Waals surface area contributed by atoms with Crippen LogP contribution in [0.3, 0.4) is 0 Å². The van der Waals surface area contributed by atoms with E-state index in [9.17, 15) is 13.6 Å². The van der Waals surface area contributed by atoms with Gasteiger partial charge in [0.25, 0.3) is 0 Å². The molecule has 2 saturated carbocycles. The maximum absolute atomic E-state index is 13.0. The van der Waals surface area contributed by atoms with E-state index in [0.29, 0.717) is 23.9 Å². The Morgan fingerprint density at radius 2 is 2.05 bits per heavy atom. The van der Waals surface area contributed by atoms with E-state index in [4.69, 9.17) is 0 Å². The van der Waals surface area contributed by atoms with Gasteiger partial charge in [-0.3, -0.25) is 4.79 Å². The molecule has 0 aromatic heterocycles. The van der Waals surface area contributed by atoms with Gasteiger partial charge in [-0.1, -0.05) is 6.42 Å². The molecule has 1 N–H and O–H groups in total. The number of hydrogen-bond acceptors (Lipinski definition) is 1. The molecular weight excluding hydrogens is 248 g/mol. The van der Waals surface area contributed by atoms with Gasteiger partial charge in [0.2, 0.25) is 5.91 Å². The summed E-state index contributed by atoms with van der Waals surface area (Å²) in [6.07, 6.45) is 5.47. The summed E-state index contributed by atoms with van der Waals surface area (Å²) in [7, 11) is 0. The lowest BCUT2D eigenvalue weighted by atomic mass is 9.86. The minimum absolute atomic E-state index is 0.0939. The molecule has 2 aliphatic rings. The first-order valence-electron chi connectivity index (χ1n) is 6.86. The first-order valence-corrected chi connectivity index (χ1v) is 6.86. The lowest BCUT2D eigenvalue weighted by Gasteiger charge is -2.20. The van der Waals surface area contributed by atoms with E-state index in [1.807, 2.05) is 0 Å². The maximum Gasteiger partial charge on any atom is 0.224 e. The molecule has 2 bridgehead atoms. The van der Waals surface area contributed by atoms with E-state index in [-0.39, 0.29) is 5.91 Å². The molecule has 2 nitrogen and oxygen atoms in total. The third kappa shape index (κ3) is 2.62. The van der Waals surface area contributed by atoms with Crippen LogP contribution in [0.1, 0.15) is 32.1 Å². The van der Waals surface area contributed by atoms with E-state index in [2.05, 4.69) is 5.32 Å². The van der Waals surface area contributed by atoms with Crippen molar-refractivity contribution >= 4 is 11.6 Å². The van der Waals surface area contributed by atoms with Crippen molar-refractivity contribution in [3.05, 3.63) is 29.8 Å². The van der Waals surface area contributed by atoms with Crippen molar-refractivity contribution in [3.8, 4) is 0 Å². The van der Waals surface area contributed by atoms with Crippen LogP contribution in [0.25, 0.3) is 0 Å². The SMILES string of the molecule is O=C(C[C@@H]1C[C@H]2CC[C@H]1C2)Nc1ccc(F)c(F)c1. The van der Waals surface area contributed by atoms with Crippen molar-refractivity contribution in [2.45, 2.75) is 32.1 Å². The zero-order chi connectivity index (χ0) is 13.4. The van der Waals surface area contributed by atoms with Crippen molar-refractivity contribution in [1.29, 1.82) is 0 Å². The minimum Gasteiger partial charge on any atom is -0.326 e. The second kappa shape index (κ2) is 4.91. The molecule has 3 rings (SSSR count). The summed E-state index contributed by atoms with van der Waals surface area (Å²) in [6, 6.07) is 3.44. The molecule has 0 radical (unpaired) electrons. The Morgan fingerprint density at radius 1 is 1.21 bits per heavy atom. The van der Waals surface area contributed by atoms with Crippen LogP contribution in [0.4, 0.5) is 14.5 Å². The lowest BCUT2D eigenvalue weighted by Crippen LogP contribution is -2.20. The van der Waals surface area contributed by atoms with Crippen LogP contribution in [-0.2, 0) is 4.79 Å². The number of amides is 1. The molecule has 102 valence electrons. The molecule has 0 spiro atoms. The highest BCUT2D eigenvalue weighted by Gasteiger charge is 2.40. The van der Waals surface area contributed by atoms with Crippen molar-refractivity contribution in [1.82, 2.24) is 0 Å². The van der Waals surface area contributed by atoms with Crippen LogP contribution in [0, 0.1) is 29.4 Å². The third-order valence-electron chi connectivity index (χ3n) is 4.54. The second-order valence-corrected chi connectivity index (χ2v) is 5.82. The Labute approximate surface area is 111 Å². The van der Waals surface area contributed by atoms with Gasteiger partial charge in [0.05, 0.1) is 0 Å². The Kier molecular flexibility index (Phi) is 3.25. The molecule has 19 heavy (non-hydrogen) atoms. The molecule has 1 aromatic rings. The fraction of sp³-hybridized carbons (Fsp3) is 0.533. The molecule has 1 amide bonds. The fourth-order valence-corrected chi connectivity index (χ4v) is 3.65. The van der Waals surface area contributed by atoms with Gasteiger partial charge in [-0.05, 0) is 49.1 Å². The summed E-state index contributed by atoms with van der Waals surface area (Å²) in [5.74, 6) is 0.0585. The summed E-state index contributed by atoms with van der Waals surface area (Å²) in [6.45, 7) is 0. The molecule has 2 fully saturated rings. The van der Waals surface area contributed by atoms with E-state index < -0.39 is 11.6 Å². The number of carbonyl (C=O) groups excluding carboxylic acids is 1. The topological polar surface area (TPSA) is 29.1 Å². The van der Waals surface area contributed by atoms with Gasteiger partial charge in [-0.25, -0.2) is 8.78 Å². The smallest absolute Gasteiger partial charge is 0.224 e. The van der Waals surface area contributed by atoms with Crippen LogP contribution >= 0.6 is 0 Å². The summed E-state index contributed by atoms with van der Waals surface area (Å²) in [5, 5.41) is 2.65. The van der Waals surface area contributed by atoms with Crippen LogP contribution in [0.5, 0.6) is 0 Å². The Balaban J connectivity index is 1.57. The first kappa shape index (κ1) is 12.6. The Morgan fingerprint density at radius 3 is 2.68 bits per heavy atom. The minimum atomic E-state index is -0.933. The highest BCUT2D eigenvalue weighted by atomic mass is 19.2. The number of hydrogen-bond donors (Lipinski definition) is 1. The molecule has 0 aliphatic heterocycles. The Bertz CT molecular complexity index is 503. The number of anilines is 1. The molecule has 4 heteroatoms. The summed E-state index contributed by atoms with van der Waals surface area (Å²) in [5.41, 5.74) is 0.326. The standard InChI is InChI=1S/C15H17F2NO/c16-13-4-3-12(8-14(13)17)18-15(19)7-11-6-9-1-2-10(11)5-9/h3-4,8-11H,1-2,5-7H2,(H,18,19)/t9-,10-,11-/m0/s1. The van der Waals surface area contributed by atoms with E-state index in [0.717, 1.165) is 24.5 Å². The van der Waals surface area contributed by atoms with E-state index >= 15 is 0 Å².